The zero-order chi connectivity index (χ0) is 26.0. The van der Waals surface area contributed by atoms with Gasteiger partial charge in [0.1, 0.15) is 30.0 Å². The number of amides is 2. The number of urea groups is 1. The van der Waals surface area contributed by atoms with Crippen molar-refractivity contribution in [2.24, 2.45) is 5.41 Å². The molecule has 2 aromatic heterocycles. The molecule has 0 aliphatic carbocycles. The average Bonchev–Trinajstić information content (AvgIpc) is 3.45. The Labute approximate surface area is 226 Å². The summed E-state index contributed by atoms with van der Waals surface area (Å²) in [4.78, 5) is 21.5. The topological polar surface area (TPSA) is 88.4 Å². The van der Waals surface area contributed by atoms with Gasteiger partial charge in [0.05, 0.1) is 11.9 Å². The van der Waals surface area contributed by atoms with Crippen molar-refractivity contribution in [2.45, 2.75) is 19.4 Å². The van der Waals surface area contributed by atoms with E-state index in [0.717, 1.165) is 57.1 Å². The van der Waals surface area contributed by atoms with Crippen LogP contribution in [0, 0.1) is 5.41 Å². The molecule has 0 atom stereocenters. The van der Waals surface area contributed by atoms with Crippen LogP contribution in [-0.2, 0) is 6.54 Å². The Morgan fingerprint density at radius 3 is 2.45 bits per heavy atom. The van der Waals surface area contributed by atoms with Crippen molar-refractivity contribution < 1.29 is 9.53 Å². The molecule has 1 N–H and O–H groups in total. The molecule has 0 radical (unpaired) electrons. The summed E-state index contributed by atoms with van der Waals surface area (Å²) in [6.45, 7) is 4.52. The molecule has 2 fully saturated rings. The number of rotatable bonds is 6. The van der Waals surface area contributed by atoms with Crippen molar-refractivity contribution in [2.75, 3.05) is 31.5 Å². The summed E-state index contributed by atoms with van der Waals surface area (Å²) in [6, 6.07) is 19.2. The normalized spacial score (nSPS) is 16.7. The molecule has 4 heterocycles. The first kappa shape index (κ1) is 24.4. The van der Waals surface area contributed by atoms with Gasteiger partial charge in [-0.25, -0.2) is 9.78 Å². The molecule has 0 saturated carbocycles. The average molecular weight is 530 g/mol. The minimum absolute atomic E-state index is 0.0746. The number of pyridine rings is 1. The SMILES string of the molecule is O=C(Nc1ccc(-n2cnnc2)nc1)N1CC2(CCN(Cc3cccc(Oc4ccc(Cl)cc4)c3)CC2)C1. The van der Waals surface area contributed by atoms with Crippen LogP contribution in [0.25, 0.3) is 5.82 Å². The first-order valence-electron chi connectivity index (χ1n) is 12.7. The molecule has 2 aliphatic heterocycles. The van der Waals surface area contributed by atoms with Gasteiger partial charge in [0.2, 0.25) is 0 Å². The van der Waals surface area contributed by atoms with Crippen molar-refractivity contribution in [3.63, 3.8) is 0 Å². The van der Waals surface area contributed by atoms with Crippen LogP contribution in [0.15, 0.2) is 79.5 Å². The number of benzene rings is 2. The molecule has 1 spiro atoms. The van der Waals surface area contributed by atoms with E-state index in [0.29, 0.717) is 16.5 Å². The lowest BCUT2D eigenvalue weighted by Crippen LogP contribution is -2.62. The zero-order valence-corrected chi connectivity index (χ0v) is 21.6. The van der Waals surface area contributed by atoms with E-state index in [4.69, 9.17) is 16.3 Å². The number of carbonyl (C=O) groups excluding carboxylic acids is 1. The highest BCUT2D eigenvalue weighted by Crippen LogP contribution is 2.41. The van der Waals surface area contributed by atoms with Crippen LogP contribution in [-0.4, -0.2) is 61.8 Å². The molecule has 4 aromatic rings. The van der Waals surface area contributed by atoms with Crippen molar-refractivity contribution in [1.82, 2.24) is 29.5 Å². The number of hydrogen-bond acceptors (Lipinski definition) is 6. The van der Waals surface area contributed by atoms with E-state index in [2.05, 4.69) is 37.5 Å². The molecule has 10 heteroatoms. The Bertz CT molecular complexity index is 1380. The summed E-state index contributed by atoms with van der Waals surface area (Å²) >= 11 is 5.97. The summed E-state index contributed by atoms with van der Waals surface area (Å²) in [6.07, 6.45) is 7.00. The number of hydrogen-bond donors (Lipinski definition) is 1. The van der Waals surface area contributed by atoms with Crippen LogP contribution in [0.4, 0.5) is 10.5 Å². The van der Waals surface area contributed by atoms with Gasteiger partial charge in [-0.2, -0.15) is 0 Å². The number of likely N-dealkylation sites (tertiary alicyclic amines) is 2. The number of aromatic nitrogens is 4. The molecule has 194 valence electrons. The van der Waals surface area contributed by atoms with E-state index >= 15 is 0 Å². The minimum Gasteiger partial charge on any atom is -0.457 e. The van der Waals surface area contributed by atoms with Crippen molar-refractivity contribution in [3.05, 3.63) is 90.1 Å². The molecule has 2 amide bonds. The highest BCUT2D eigenvalue weighted by molar-refractivity contribution is 6.30. The number of anilines is 1. The predicted molar refractivity (Wildman–Crippen MR) is 145 cm³/mol. The number of ether oxygens (including phenoxy) is 1. The highest BCUT2D eigenvalue weighted by Gasteiger charge is 2.46. The first-order valence-corrected chi connectivity index (χ1v) is 13.0. The summed E-state index contributed by atoms with van der Waals surface area (Å²) < 4.78 is 7.70. The second kappa shape index (κ2) is 10.4. The van der Waals surface area contributed by atoms with E-state index in [1.807, 2.05) is 53.4 Å². The quantitative estimate of drug-likeness (QED) is 0.367. The summed E-state index contributed by atoms with van der Waals surface area (Å²) in [7, 11) is 0. The largest absolute Gasteiger partial charge is 0.457 e. The maximum atomic E-state index is 12.8. The summed E-state index contributed by atoms with van der Waals surface area (Å²) in [5.41, 5.74) is 2.13. The second-order valence-corrected chi connectivity index (χ2v) is 10.5. The van der Waals surface area contributed by atoms with Gasteiger partial charge in [0, 0.05) is 30.1 Å². The third-order valence-electron chi connectivity index (χ3n) is 7.29. The van der Waals surface area contributed by atoms with Crippen LogP contribution >= 0.6 is 11.6 Å². The van der Waals surface area contributed by atoms with Crippen LogP contribution in [0.1, 0.15) is 18.4 Å². The molecule has 2 aliphatic rings. The monoisotopic (exact) mass is 529 g/mol. The van der Waals surface area contributed by atoms with Crippen molar-refractivity contribution in [1.29, 1.82) is 0 Å². The number of nitrogens with zero attached hydrogens (tertiary/aromatic N) is 6. The van der Waals surface area contributed by atoms with Gasteiger partial charge < -0.3 is 15.0 Å². The predicted octanol–water partition coefficient (Wildman–Crippen LogP) is 5.24. The van der Waals surface area contributed by atoms with Crippen molar-refractivity contribution in [3.8, 4) is 17.3 Å². The molecule has 38 heavy (non-hydrogen) atoms. The molecular weight excluding hydrogens is 502 g/mol. The lowest BCUT2D eigenvalue weighted by molar-refractivity contribution is -0.0200. The number of nitrogens with one attached hydrogen (secondary N) is 1. The molecule has 2 saturated heterocycles. The Morgan fingerprint density at radius 1 is 0.974 bits per heavy atom. The Hall–Kier alpha value is -3.95. The molecular formula is C28H28ClN7O2. The van der Waals surface area contributed by atoms with Gasteiger partial charge in [-0.05, 0) is 80.0 Å². The third-order valence-corrected chi connectivity index (χ3v) is 7.54. The molecule has 2 aromatic carbocycles. The second-order valence-electron chi connectivity index (χ2n) is 10.0. The Kier molecular flexibility index (Phi) is 6.70. The van der Waals surface area contributed by atoms with Gasteiger partial charge in [-0.1, -0.05) is 23.7 Å². The van der Waals surface area contributed by atoms with E-state index in [-0.39, 0.29) is 11.4 Å². The fraction of sp³-hybridized carbons (Fsp3) is 0.286. The number of carbonyl (C=O) groups is 1. The van der Waals surface area contributed by atoms with Gasteiger partial charge in [-0.15, -0.1) is 10.2 Å². The van der Waals surface area contributed by atoms with Gasteiger partial charge in [-0.3, -0.25) is 9.47 Å². The lowest BCUT2D eigenvalue weighted by atomic mass is 9.72. The molecule has 9 nitrogen and oxygen atoms in total. The number of piperidine rings is 1. The van der Waals surface area contributed by atoms with Crippen LogP contribution < -0.4 is 10.1 Å². The minimum atomic E-state index is -0.0746. The smallest absolute Gasteiger partial charge is 0.321 e. The van der Waals surface area contributed by atoms with E-state index in [1.54, 1.807) is 23.4 Å². The molecule has 6 rings (SSSR count). The Balaban J connectivity index is 0.965. The standard InChI is InChI=1S/C28H28ClN7O2/c29-22-4-7-24(8-5-22)38-25-3-1-2-21(14-25)16-34-12-10-28(11-13-34)17-35(18-28)27(37)33-23-6-9-26(30-15-23)36-19-31-32-20-36/h1-9,14-15,19-20H,10-13,16-18H2,(H,33,37). The maximum Gasteiger partial charge on any atom is 0.321 e. The van der Waals surface area contributed by atoms with E-state index in [1.165, 1.54) is 5.56 Å². The zero-order valence-electron chi connectivity index (χ0n) is 20.8. The van der Waals surface area contributed by atoms with Gasteiger partial charge in [0.15, 0.2) is 0 Å². The van der Waals surface area contributed by atoms with Gasteiger partial charge in [0.25, 0.3) is 0 Å². The molecule has 0 unspecified atom stereocenters. The first-order chi connectivity index (χ1) is 18.5. The summed E-state index contributed by atoms with van der Waals surface area (Å²) in [5, 5.41) is 11.2. The number of halogens is 1. The van der Waals surface area contributed by atoms with Gasteiger partial charge >= 0.3 is 6.03 Å². The highest BCUT2D eigenvalue weighted by atomic mass is 35.5. The Morgan fingerprint density at radius 2 is 1.74 bits per heavy atom. The fourth-order valence-electron chi connectivity index (χ4n) is 5.15. The fourth-order valence-corrected chi connectivity index (χ4v) is 5.27. The van der Waals surface area contributed by atoms with Crippen molar-refractivity contribution >= 4 is 23.3 Å². The lowest BCUT2D eigenvalue weighted by Gasteiger charge is -2.53. The van der Waals surface area contributed by atoms with Crippen LogP contribution in [0.2, 0.25) is 5.02 Å². The van der Waals surface area contributed by atoms with Crippen LogP contribution in [0.3, 0.4) is 0 Å². The maximum absolute atomic E-state index is 12.8. The van der Waals surface area contributed by atoms with E-state index < -0.39 is 0 Å². The summed E-state index contributed by atoms with van der Waals surface area (Å²) in [5.74, 6) is 2.29. The van der Waals surface area contributed by atoms with Crippen LogP contribution in [0.5, 0.6) is 11.5 Å². The third kappa shape index (κ3) is 5.49. The van der Waals surface area contributed by atoms with E-state index in [9.17, 15) is 4.79 Å². The molecule has 0 bridgehead atoms.